The van der Waals surface area contributed by atoms with Crippen molar-refractivity contribution in [2.45, 2.75) is 44.9 Å². The number of carbonyl (C=O) groups is 1. The largest absolute Gasteiger partial charge is 0.385 e. The number of rotatable bonds is 7. The zero-order chi connectivity index (χ0) is 13.7. The van der Waals surface area contributed by atoms with Gasteiger partial charge in [0.15, 0.2) is 0 Å². The van der Waals surface area contributed by atoms with Crippen molar-refractivity contribution in [1.82, 2.24) is 5.32 Å². The molecule has 4 nitrogen and oxygen atoms in total. The lowest BCUT2D eigenvalue weighted by Gasteiger charge is -2.30. The van der Waals surface area contributed by atoms with Gasteiger partial charge in [0.2, 0.25) is 5.91 Å². The first kappa shape index (κ1) is 14.8. The Balaban J connectivity index is 1.77. The lowest BCUT2D eigenvalue weighted by molar-refractivity contribution is -0.128. The van der Waals surface area contributed by atoms with E-state index < -0.39 is 0 Å². The molecule has 2 saturated carbocycles. The second kappa shape index (κ2) is 6.71. The van der Waals surface area contributed by atoms with Crippen molar-refractivity contribution >= 4 is 5.91 Å². The normalized spacial score (nSPS) is 28.9. The number of amides is 1. The molecule has 0 radical (unpaired) electrons. The monoisotopic (exact) mass is 268 g/mol. The van der Waals surface area contributed by atoms with E-state index in [1.165, 1.54) is 25.7 Å². The van der Waals surface area contributed by atoms with Crippen LogP contribution < -0.4 is 11.1 Å². The molecule has 2 aliphatic rings. The van der Waals surface area contributed by atoms with Gasteiger partial charge in [0.25, 0.3) is 0 Å². The number of nitrogens with two attached hydrogens (primary N) is 1. The Bertz CT molecular complexity index is 303. The highest BCUT2D eigenvalue weighted by Gasteiger charge is 2.42. The quantitative estimate of drug-likeness (QED) is 0.738. The number of ether oxygens (including phenoxy) is 1. The highest BCUT2D eigenvalue weighted by molar-refractivity contribution is 5.79. The molecule has 0 aliphatic heterocycles. The van der Waals surface area contributed by atoms with Crippen LogP contribution in [0.25, 0.3) is 0 Å². The van der Waals surface area contributed by atoms with Crippen LogP contribution in [0.3, 0.4) is 0 Å². The third-order valence-corrected chi connectivity index (χ3v) is 4.98. The predicted molar refractivity (Wildman–Crippen MR) is 75.7 cm³/mol. The van der Waals surface area contributed by atoms with Crippen LogP contribution in [0.4, 0.5) is 0 Å². The first-order valence-corrected chi connectivity index (χ1v) is 7.67. The van der Waals surface area contributed by atoms with E-state index in [0.29, 0.717) is 17.9 Å². The maximum absolute atomic E-state index is 12.3. The zero-order valence-electron chi connectivity index (χ0n) is 12.1. The van der Waals surface area contributed by atoms with Crippen LogP contribution in [0.5, 0.6) is 0 Å². The van der Waals surface area contributed by atoms with Crippen LogP contribution in [-0.2, 0) is 9.53 Å². The molecule has 0 heterocycles. The summed E-state index contributed by atoms with van der Waals surface area (Å²) in [7, 11) is 1.74. The van der Waals surface area contributed by atoms with Crippen LogP contribution in [0.2, 0.25) is 0 Å². The van der Waals surface area contributed by atoms with Crippen LogP contribution in [0, 0.1) is 17.3 Å². The molecule has 0 bridgehead atoms. The number of hydrogen-bond donors (Lipinski definition) is 2. The van der Waals surface area contributed by atoms with Crippen LogP contribution >= 0.6 is 0 Å². The minimum Gasteiger partial charge on any atom is -0.385 e. The Morgan fingerprint density at radius 3 is 2.74 bits per heavy atom. The summed E-state index contributed by atoms with van der Waals surface area (Å²) >= 11 is 0. The third-order valence-electron chi connectivity index (χ3n) is 4.98. The average molecular weight is 268 g/mol. The molecule has 0 saturated heterocycles. The molecule has 2 rings (SSSR count). The second-order valence-corrected chi connectivity index (χ2v) is 6.35. The lowest BCUT2D eigenvalue weighted by atomic mass is 9.78. The Labute approximate surface area is 116 Å². The first-order valence-electron chi connectivity index (χ1n) is 7.67. The Morgan fingerprint density at radius 1 is 1.37 bits per heavy atom. The van der Waals surface area contributed by atoms with Crippen LogP contribution in [-0.4, -0.2) is 32.7 Å². The minimum absolute atomic E-state index is 0.150. The predicted octanol–water partition coefficient (Wildman–Crippen LogP) is 1.68. The van der Waals surface area contributed by atoms with Gasteiger partial charge in [-0.05, 0) is 50.0 Å². The van der Waals surface area contributed by atoms with Gasteiger partial charge in [0, 0.05) is 26.2 Å². The van der Waals surface area contributed by atoms with Gasteiger partial charge in [-0.2, -0.15) is 0 Å². The third kappa shape index (κ3) is 3.93. The van der Waals surface area contributed by atoms with Crippen molar-refractivity contribution in [2.75, 3.05) is 26.8 Å². The van der Waals surface area contributed by atoms with Gasteiger partial charge in [-0.1, -0.05) is 12.8 Å². The molecule has 4 heteroatoms. The van der Waals surface area contributed by atoms with E-state index >= 15 is 0 Å². The highest BCUT2D eigenvalue weighted by Crippen LogP contribution is 2.48. The molecule has 0 spiro atoms. The van der Waals surface area contributed by atoms with E-state index in [-0.39, 0.29) is 11.8 Å². The summed E-state index contributed by atoms with van der Waals surface area (Å²) in [5, 5.41) is 3.18. The van der Waals surface area contributed by atoms with E-state index in [9.17, 15) is 4.79 Å². The van der Waals surface area contributed by atoms with E-state index in [0.717, 1.165) is 32.4 Å². The van der Waals surface area contributed by atoms with Gasteiger partial charge in [-0.3, -0.25) is 4.79 Å². The van der Waals surface area contributed by atoms with Crippen molar-refractivity contribution in [2.24, 2.45) is 23.0 Å². The van der Waals surface area contributed by atoms with E-state index in [1.54, 1.807) is 7.11 Å². The van der Waals surface area contributed by atoms with Gasteiger partial charge in [0.1, 0.15) is 0 Å². The molecular weight excluding hydrogens is 240 g/mol. The maximum atomic E-state index is 12.3. The fraction of sp³-hybridized carbons (Fsp3) is 0.933. The second-order valence-electron chi connectivity index (χ2n) is 6.35. The van der Waals surface area contributed by atoms with Gasteiger partial charge in [-0.25, -0.2) is 0 Å². The molecule has 1 amide bonds. The van der Waals surface area contributed by atoms with Crippen molar-refractivity contribution in [3.8, 4) is 0 Å². The van der Waals surface area contributed by atoms with Gasteiger partial charge >= 0.3 is 0 Å². The lowest BCUT2D eigenvalue weighted by Crippen LogP contribution is -2.41. The first-order chi connectivity index (χ1) is 9.21. The van der Waals surface area contributed by atoms with Crippen LogP contribution in [0.15, 0.2) is 0 Å². The molecule has 3 N–H and O–H groups in total. The summed E-state index contributed by atoms with van der Waals surface area (Å²) in [6.07, 6.45) is 8.03. The van der Waals surface area contributed by atoms with Gasteiger partial charge < -0.3 is 15.8 Å². The number of nitrogens with one attached hydrogen (secondary N) is 1. The number of hydrogen-bond acceptors (Lipinski definition) is 3. The zero-order valence-corrected chi connectivity index (χ0v) is 12.1. The molecule has 2 fully saturated rings. The smallest absolute Gasteiger partial charge is 0.223 e. The molecule has 0 aromatic heterocycles. The highest BCUT2D eigenvalue weighted by atomic mass is 16.5. The van der Waals surface area contributed by atoms with E-state index in [2.05, 4.69) is 5.32 Å². The molecule has 0 aromatic rings. The summed E-state index contributed by atoms with van der Waals surface area (Å²) in [6.45, 7) is 2.26. The summed E-state index contributed by atoms with van der Waals surface area (Å²) in [5.41, 5.74) is 6.13. The van der Waals surface area contributed by atoms with Crippen molar-refractivity contribution < 1.29 is 9.53 Å². The average Bonchev–Trinajstić information content (AvgIpc) is 3.23. The fourth-order valence-electron chi connectivity index (χ4n) is 3.25. The summed E-state index contributed by atoms with van der Waals surface area (Å²) in [4.78, 5) is 12.3. The Morgan fingerprint density at radius 2 is 2.11 bits per heavy atom. The number of methoxy groups -OCH3 is 1. The van der Waals surface area contributed by atoms with E-state index in [1.807, 2.05) is 0 Å². The molecule has 19 heavy (non-hydrogen) atoms. The van der Waals surface area contributed by atoms with Crippen molar-refractivity contribution in [3.05, 3.63) is 0 Å². The summed E-state index contributed by atoms with van der Waals surface area (Å²) in [6, 6.07) is 0. The Hall–Kier alpha value is -0.610. The molecular formula is C15H28N2O2. The standard InChI is InChI=1S/C15H28N2O2/c1-19-9-8-15(6-7-15)11-17-14(18)13-5-3-2-4-12(13)10-16/h12-13H,2-11,16H2,1H3,(H,17,18). The topological polar surface area (TPSA) is 64.3 Å². The summed E-state index contributed by atoms with van der Waals surface area (Å²) in [5.74, 6) is 0.777. The SMILES string of the molecule is COCCC1(CNC(=O)C2CCCCC2CN)CC1. The summed E-state index contributed by atoms with van der Waals surface area (Å²) < 4.78 is 5.15. The van der Waals surface area contributed by atoms with E-state index in [4.69, 9.17) is 10.5 Å². The maximum Gasteiger partial charge on any atom is 0.223 e. The molecule has 2 unspecified atom stereocenters. The van der Waals surface area contributed by atoms with Crippen molar-refractivity contribution in [3.63, 3.8) is 0 Å². The van der Waals surface area contributed by atoms with Crippen molar-refractivity contribution in [1.29, 1.82) is 0 Å². The molecule has 110 valence electrons. The van der Waals surface area contributed by atoms with Crippen LogP contribution in [0.1, 0.15) is 44.9 Å². The molecule has 2 atom stereocenters. The molecule has 2 aliphatic carbocycles. The molecule has 0 aromatic carbocycles. The number of carbonyl (C=O) groups excluding carboxylic acids is 1. The van der Waals surface area contributed by atoms with Gasteiger partial charge in [0.05, 0.1) is 0 Å². The van der Waals surface area contributed by atoms with Gasteiger partial charge in [-0.15, -0.1) is 0 Å². The fourth-order valence-corrected chi connectivity index (χ4v) is 3.25. The minimum atomic E-state index is 0.150. The Kier molecular flexibility index (Phi) is 5.22.